The third-order valence-electron chi connectivity index (χ3n) is 5.37. The summed E-state index contributed by atoms with van der Waals surface area (Å²) in [5.74, 6) is 2.64. The van der Waals surface area contributed by atoms with Crippen LogP contribution in [0.5, 0.6) is 0 Å². The van der Waals surface area contributed by atoms with Crippen LogP contribution >= 0.6 is 11.6 Å². The third kappa shape index (κ3) is 4.38. The Morgan fingerprint density at radius 3 is 2.55 bits per heavy atom. The molecule has 2 nitrogen and oxygen atoms in total. The highest BCUT2D eigenvalue weighted by Crippen LogP contribution is 2.33. The van der Waals surface area contributed by atoms with E-state index < -0.39 is 0 Å². The zero-order valence-corrected chi connectivity index (χ0v) is 13.6. The van der Waals surface area contributed by atoms with Gasteiger partial charge in [0, 0.05) is 17.8 Å². The number of carbonyl (C=O) groups excluding carboxylic acids is 1. The summed E-state index contributed by atoms with van der Waals surface area (Å²) in [6.45, 7) is 2.26. The van der Waals surface area contributed by atoms with E-state index >= 15 is 0 Å². The lowest BCUT2D eigenvalue weighted by Crippen LogP contribution is -2.42. The molecule has 116 valence electrons. The molecule has 0 heterocycles. The molecule has 0 aromatic rings. The van der Waals surface area contributed by atoms with Crippen molar-refractivity contribution in [2.75, 3.05) is 5.88 Å². The van der Waals surface area contributed by atoms with Crippen LogP contribution in [0.1, 0.15) is 71.1 Å². The molecule has 0 radical (unpaired) electrons. The summed E-state index contributed by atoms with van der Waals surface area (Å²) in [4.78, 5) is 12.4. The normalized spacial score (nSPS) is 34.1. The zero-order valence-electron chi connectivity index (χ0n) is 12.9. The van der Waals surface area contributed by atoms with Crippen LogP contribution in [0.3, 0.4) is 0 Å². The Morgan fingerprint density at radius 2 is 1.90 bits per heavy atom. The fourth-order valence-electron chi connectivity index (χ4n) is 3.92. The van der Waals surface area contributed by atoms with Crippen LogP contribution in [0.25, 0.3) is 0 Å². The summed E-state index contributed by atoms with van der Waals surface area (Å²) in [5.41, 5.74) is 0. The molecule has 2 atom stereocenters. The molecule has 3 heteroatoms. The number of amides is 1. The standard InChI is InChI=1S/C17H30ClNO/c1-2-3-5-13-8-10-14(11-9-13)17(20)19-16-7-4-6-15(16)12-18/h13-16H,2-12H2,1H3,(H,19,20). The minimum atomic E-state index is 0.268. The number of carbonyl (C=O) groups is 1. The van der Waals surface area contributed by atoms with Crippen molar-refractivity contribution in [3.8, 4) is 0 Å². The molecule has 0 aromatic heterocycles. The van der Waals surface area contributed by atoms with Gasteiger partial charge in [0.25, 0.3) is 0 Å². The van der Waals surface area contributed by atoms with Gasteiger partial charge >= 0.3 is 0 Å². The Labute approximate surface area is 129 Å². The maximum atomic E-state index is 12.4. The monoisotopic (exact) mass is 299 g/mol. The summed E-state index contributed by atoms with van der Waals surface area (Å²) >= 11 is 5.99. The molecule has 0 aromatic carbocycles. The van der Waals surface area contributed by atoms with Gasteiger partial charge in [-0.1, -0.05) is 32.6 Å². The Balaban J connectivity index is 1.71. The molecule has 2 aliphatic carbocycles. The average Bonchev–Trinajstić information content (AvgIpc) is 2.92. The predicted molar refractivity (Wildman–Crippen MR) is 85.0 cm³/mol. The molecule has 2 unspecified atom stereocenters. The number of hydrogen-bond acceptors (Lipinski definition) is 1. The van der Waals surface area contributed by atoms with Crippen molar-refractivity contribution < 1.29 is 4.79 Å². The molecule has 0 spiro atoms. The van der Waals surface area contributed by atoms with Crippen LogP contribution in [0.2, 0.25) is 0 Å². The molecule has 1 N–H and O–H groups in total. The molecule has 2 rings (SSSR count). The van der Waals surface area contributed by atoms with E-state index in [1.54, 1.807) is 0 Å². The van der Waals surface area contributed by atoms with Crippen molar-refractivity contribution >= 4 is 17.5 Å². The first-order valence-corrected chi connectivity index (χ1v) is 9.14. The Bertz CT molecular complexity index is 299. The first kappa shape index (κ1) is 16.1. The minimum Gasteiger partial charge on any atom is -0.353 e. The van der Waals surface area contributed by atoms with Crippen LogP contribution in [0.4, 0.5) is 0 Å². The van der Waals surface area contributed by atoms with E-state index in [0.717, 1.165) is 25.2 Å². The van der Waals surface area contributed by atoms with Gasteiger partial charge in [0.1, 0.15) is 0 Å². The summed E-state index contributed by atoms with van der Waals surface area (Å²) in [6, 6.07) is 0.345. The molecular weight excluding hydrogens is 270 g/mol. The molecule has 2 aliphatic rings. The first-order valence-electron chi connectivity index (χ1n) is 8.61. The van der Waals surface area contributed by atoms with Crippen molar-refractivity contribution in [1.29, 1.82) is 0 Å². The van der Waals surface area contributed by atoms with Crippen molar-refractivity contribution in [3.63, 3.8) is 0 Å². The lowest BCUT2D eigenvalue weighted by molar-refractivity contribution is -0.127. The van der Waals surface area contributed by atoms with Gasteiger partial charge in [-0.25, -0.2) is 0 Å². The maximum Gasteiger partial charge on any atom is 0.223 e. The van der Waals surface area contributed by atoms with Gasteiger partial charge in [-0.3, -0.25) is 4.79 Å². The van der Waals surface area contributed by atoms with Crippen LogP contribution < -0.4 is 5.32 Å². The SMILES string of the molecule is CCCCC1CCC(C(=O)NC2CCCC2CCl)CC1. The Morgan fingerprint density at radius 1 is 1.15 bits per heavy atom. The van der Waals surface area contributed by atoms with E-state index in [2.05, 4.69) is 12.2 Å². The van der Waals surface area contributed by atoms with Gasteiger partial charge < -0.3 is 5.32 Å². The molecular formula is C17H30ClNO. The van der Waals surface area contributed by atoms with E-state index in [1.165, 1.54) is 44.9 Å². The highest BCUT2D eigenvalue weighted by Gasteiger charge is 2.31. The molecule has 0 aliphatic heterocycles. The number of halogens is 1. The predicted octanol–water partition coefficient (Wildman–Crippen LogP) is 4.51. The van der Waals surface area contributed by atoms with E-state index in [-0.39, 0.29) is 5.92 Å². The quantitative estimate of drug-likeness (QED) is 0.719. The summed E-state index contributed by atoms with van der Waals surface area (Å²) in [7, 11) is 0. The summed E-state index contributed by atoms with van der Waals surface area (Å²) < 4.78 is 0. The van der Waals surface area contributed by atoms with Gasteiger partial charge in [-0.2, -0.15) is 0 Å². The van der Waals surface area contributed by atoms with Crippen molar-refractivity contribution in [3.05, 3.63) is 0 Å². The minimum absolute atomic E-state index is 0.268. The second-order valence-corrected chi connectivity index (χ2v) is 7.13. The second kappa shape index (κ2) is 8.26. The van der Waals surface area contributed by atoms with Crippen LogP contribution in [-0.4, -0.2) is 17.8 Å². The number of unbranched alkanes of at least 4 members (excludes halogenated alkanes) is 1. The van der Waals surface area contributed by atoms with Crippen molar-refractivity contribution in [2.24, 2.45) is 17.8 Å². The van der Waals surface area contributed by atoms with E-state index in [0.29, 0.717) is 23.7 Å². The zero-order chi connectivity index (χ0) is 14.4. The molecule has 0 bridgehead atoms. The van der Waals surface area contributed by atoms with Crippen LogP contribution in [-0.2, 0) is 4.79 Å². The largest absolute Gasteiger partial charge is 0.353 e. The fourth-order valence-corrected chi connectivity index (χ4v) is 4.29. The number of nitrogens with one attached hydrogen (secondary N) is 1. The highest BCUT2D eigenvalue weighted by atomic mass is 35.5. The van der Waals surface area contributed by atoms with Gasteiger partial charge in [-0.05, 0) is 50.4 Å². The lowest BCUT2D eigenvalue weighted by atomic mass is 9.79. The second-order valence-electron chi connectivity index (χ2n) is 6.82. The highest BCUT2D eigenvalue weighted by molar-refractivity contribution is 6.18. The number of rotatable bonds is 6. The third-order valence-corrected chi connectivity index (χ3v) is 5.76. The molecule has 1 amide bonds. The van der Waals surface area contributed by atoms with E-state index in [9.17, 15) is 4.79 Å². The van der Waals surface area contributed by atoms with Gasteiger partial charge in [0.2, 0.25) is 5.91 Å². The Hall–Kier alpha value is -0.240. The average molecular weight is 300 g/mol. The molecule has 2 fully saturated rings. The topological polar surface area (TPSA) is 29.1 Å². The van der Waals surface area contributed by atoms with Crippen molar-refractivity contribution in [2.45, 2.75) is 77.2 Å². The maximum absolute atomic E-state index is 12.4. The fraction of sp³-hybridized carbons (Fsp3) is 0.941. The first-order chi connectivity index (χ1) is 9.74. The summed E-state index contributed by atoms with van der Waals surface area (Å²) in [5, 5.41) is 3.28. The van der Waals surface area contributed by atoms with Crippen LogP contribution in [0, 0.1) is 17.8 Å². The smallest absolute Gasteiger partial charge is 0.223 e. The van der Waals surface area contributed by atoms with E-state index in [1.807, 2.05) is 0 Å². The number of alkyl halides is 1. The van der Waals surface area contributed by atoms with Gasteiger partial charge in [-0.15, -0.1) is 11.6 Å². The Kier molecular flexibility index (Phi) is 6.67. The molecule has 0 saturated heterocycles. The van der Waals surface area contributed by atoms with E-state index in [4.69, 9.17) is 11.6 Å². The lowest BCUT2D eigenvalue weighted by Gasteiger charge is -2.29. The van der Waals surface area contributed by atoms with Crippen molar-refractivity contribution in [1.82, 2.24) is 5.32 Å². The summed E-state index contributed by atoms with van der Waals surface area (Å²) in [6.07, 6.45) is 12.2. The van der Waals surface area contributed by atoms with Gasteiger partial charge in [0.15, 0.2) is 0 Å². The number of hydrogen-bond donors (Lipinski definition) is 1. The molecule has 2 saturated carbocycles. The van der Waals surface area contributed by atoms with Crippen LogP contribution in [0.15, 0.2) is 0 Å². The molecule has 20 heavy (non-hydrogen) atoms. The van der Waals surface area contributed by atoms with Gasteiger partial charge in [0.05, 0.1) is 0 Å².